The van der Waals surface area contributed by atoms with Crippen LogP contribution in [0, 0.1) is 5.82 Å². The molecule has 0 aliphatic carbocycles. The Morgan fingerprint density at radius 3 is 2.55 bits per heavy atom. The SMILES string of the molecule is CCOC(=O)COc1ccc(/C=C2/NC(=O)N(Cc3ccccc3F)C2=O)cc1. The number of carbonyl (C=O) groups excluding carboxylic acids is 3. The van der Waals surface area contributed by atoms with Gasteiger partial charge in [0.25, 0.3) is 5.91 Å². The van der Waals surface area contributed by atoms with E-state index >= 15 is 0 Å². The van der Waals surface area contributed by atoms with E-state index in [1.807, 2.05) is 0 Å². The molecular weight excluding hydrogens is 379 g/mol. The Labute approximate surface area is 166 Å². The van der Waals surface area contributed by atoms with Crippen molar-refractivity contribution in [2.75, 3.05) is 13.2 Å². The molecule has 1 aliphatic rings. The molecule has 0 bridgehead atoms. The van der Waals surface area contributed by atoms with Crippen LogP contribution in [0.15, 0.2) is 54.2 Å². The lowest BCUT2D eigenvalue weighted by atomic mass is 10.1. The number of carbonyl (C=O) groups is 3. The van der Waals surface area contributed by atoms with E-state index in [9.17, 15) is 18.8 Å². The number of ether oxygens (including phenoxy) is 2. The molecule has 8 heteroatoms. The molecule has 1 saturated heterocycles. The first-order valence-electron chi connectivity index (χ1n) is 8.94. The van der Waals surface area contributed by atoms with E-state index in [0.717, 1.165) is 4.90 Å². The Kier molecular flexibility index (Phi) is 6.23. The van der Waals surface area contributed by atoms with Gasteiger partial charge in [0.15, 0.2) is 6.61 Å². The third-order valence-electron chi connectivity index (χ3n) is 4.10. The number of amides is 3. The maximum atomic E-state index is 13.8. The zero-order valence-electron chi connectivity index (χ0n) is 15.7. The fraction of sp³-hybridized carbons (Fsp3) is 0.190. The third-order valence-corrected chi connectivity index (χ3v) is 4.10. The highest BCUT2D eigenvalue weighted by molar-refractivity contribution is 6.13. The summed E-state index contributed by atoms with van der Waals surface area (Å²) in [5.74, 6) is -1.03. The molecule has 2 aromatic carbocycles. The standard InChI is InChI=1S/C21H19FN2O5/c1-2-28-19(25)13-29-16-9-7-14(8-10-16)11-18-20(26)24(21(27)23-18)12-15-5-3-4-6-17(15)22/h3-11H,2,12-13H2,1H3,(H,23,27)/b18-11+. The molecule has 3 amide bonds. The molecule has 7 nitrogen and oxygen atoms in total. The average Bonchev–Trinajstić information content (AvgIpc) is 2.96. The van der Waals surface area contributed by atoms with Gasteiger partial charge >= 0.3 is 12.0 Å². The van der Waals surface area contributed by atoms with Gasteiger partial charge in [-0.25, -0.2) is 14.0 Å². The predicted octanol–water partition coefficient (Wildman–Crippen LogP) is 2.86. The van der Waals surface area contributed by atoms with Gasteiger partial charge in [-0.2, -0.15) is 0 Å². The van der Waals surface area contributed by atoms with Crippen molar-refractivity contribution in [3.05, 3.63) is 71.2 Å². The quantitative estimate of drug-likeness (QED) is 0.440. The lowest BCUT2D eigenvalue weighted by molar-refractivity contribution is -0.145. The summed E-state index contributed by atoms with van der Waals surface area (Å²) in [6.45, 7) is 1.63. The second kappa shape index (κ2) is 9.01. The summed E-state index contributed by atoms with van der Waals surface area (Å²) in [4.78, 5) is 36.9. The highest BCUT2D eigenvalue weighted by atomic mass is 19.1. The van der Waals surface area contributed by atoms with Crippen LogP contribution >= 0.6 is 0 Å². The van der Waals surface area contributed by atoms with Crippen LogP contribution in [-0.2, 0) is 20.9 Å². The summed E-state index contributed by atoms with van der Waals surface area (Å²) in [5, 5.41) is 2.49. The minimum Gasteiger partial charge on any atom is -0.482 e. The fourth-order valence-corrected chi connectivity index (χ4v) is 2.68. The van der Waals surface area contributed by atoms with Crippen LogP contribution in [0.1, 0.15) is 18.1 Å². The van der Waals surface area contributed by atoms with E-state index in [1.165, 1.54) is 24.3 Å². The zero-order chi connectivity index (χ0) is 20.8. The summed E-state index contributed by atoms with van der Waals surface area (Å²) in [6, 6.07) is 12.0. The van der Waals surface area contributed by atoms with Gasteiger partial charge in [-0.15, -0.1) is 0 Å². The van der Waals surface area contributed by atoms with E-state index < -0.39 is 23.7 Å². The zero-order valence-corrected chi connectivity index (χ0v) is 15.7. The van der Waals surface area contributed by atoms with E-state index in [2.05, 4.69) is 5.32 Å². The molecule has 1 heterocycles. The summed E-state index contributed by atoms with van der Waals surface area (Å²) in [5.41, 5.74) is 0.983. The topological polar surface area (TPSA) is 84.9 Å². The van der Waals surface area contributed by atoms with Crippen LogP contribution in [0.3, 0.4) is 0 Å². The Bertz CT molecular complexity index is 956. The molecule has 1 N–H and O–H groups in total. The summed E-state index contributed by atoms with van der Waals surface area (Å²) in [7, 11) is 0. The first-order chi connectivity index (χ1) is 14.0. The third kappa shape index (κ3) is 4.98. The number of rotatable bonds is 7. The minimum absolute atomic E-state index is 0.0894. The second-order valence-electron chi connectivity index (χ2n) is 6.13. The Morgan fingerprint density at radius 2 is 1.86 bits per heavy atom. The molecule has 2 aromatic rings. The van der Waals surface area contributed by atoms with Gasteiger partial charge in [0.2, 0.25) is 0 Å². The first kappa shape index (κ1) is 20.1. The lowest BCUT2D eigenvalue weighted by Gasteiger charge is -2.12. The van der Waals surface area contributed by atoms with E-state index in [-0.39, 0.29) is 31.0 Å². The molecule has 1 fully saturated rings. The lowest BCUT2D eigenvalue weighted by Crippen LogP contribution is -2.30. The van der Waals surface area contributed by atoms with Gasteiger partial charge in [0, 0.05) is 5.56 Å². The van der Waals surface area contributed by atoms with Crippen LogP contribution in [-0.4, -0.2) is 36.0 Å². The number of imide groups is 1. The van der Waals surface area contributed by atoms with Gasteiger partial charge in [-0.1, -0.05) is 30.3 Å². The Hall–Kier alpha value is -3.68. The van der Waals surface area contributed by atoms with Gasteiger partial charge in [0.05, 0.1) is 13.2 Å². The van der Waals surface area contributed by atoms with Crippen molar-refractivity contribution in [2.45, 2.75) is 13.5 Å². The fourth-order valence-electron chi connectivity index (χ4n) is 2.68. The van der Waals surface area contributed by atoms with E-state index in [1.54, 1.807) is 37.3 Å². The van der Waals surface area contributed by atoms with E-state index in [4.69, 9.17) is 9.47 Å². The number of halogens is 1. The van der Waals surface area contributed by atoms with Crippen molar-refractivity contribution >= 4 is 24.0 Å². The predicted molar refractivity (Wildman–Crippen MR) is 102 cm³/mol. The molecule has 150 valence electrons. The van der Waals surface area contributed by atoms with Crippen LogP contribution in [0.5, 0.6) is 5.75 Å². The number of hydrogen-bond acceptors (Lipinski definition) is 5. The van der Waals surface area contributed by atoms with Gasteiger partial charge in [-0.05, 0) is 36.8 Å². The number of nitrogens with one attached hydrogen (secondary N) is 1. The number of esters is 1. The number of nitrogens with zero attached hydrogens (tertiary/aromatic N) is 1. The Balaban J connectivity index is 1.66. The molecule has 3 rings (SSSR count). The van der Waals surface area contributed by atoms with Crippen molar-refractivity contribution in [2.24, 2.45) is 0 Å². The van der Waals surface area contributed by atoms with E-state index in [0.29, 0.717) is 11.3 Å². The van der Waals surface area contributed by atoms with Crippen LogP contribution in [0.4, 0.5) is 9.18 Å². The number of benzene rings is 2. The Morgan fingerprint density at radius 1 is 1.14 bits per heavy atom. The molecule has 0 radical (unpaired) electrons. The van der Waals surface area contributed by atoms with Crippen molar-refractivity contribution in [3.63, 3.8) is 0 Å². The number of hydrogen-bond donors (Lipinski definition) is 1. The smallest absolute Gasteiger partial charge is 0.344 e. The maximum absolute atomic E-state index is 13.8. The van der Waals surface area contributed by atoms with Gasteiger partial charge in [0.1, 0.15) is 17.3 Å². The molecule has 0 saturated carbocycles. The molecule has 0 unspecified atom stereocenters. The summed E-state index contributed by atoms with van der Waals surface area (Å²) < 4.78 is 23.9. The summed E-state index contributed by atoms with van der Waals surface area (Å²) >= 11 is 0. The number of urea groups is 1. The maximum Gasteiger partial charge on any atom is 0.344 e. The molecule has 0 atom stereocenters. The highest BCUT2D eigenvalue weighted by Gasteiger charge is 2.33. The molecule has 0 spiro atoms. The second-order valence-corrected chi connectivity index (χ2v) is 6.13. The van der Waals surface area contributed by atoms with Crippen LogP contribution in [0.2, 0.25) is 0 Å². The van der Waals surface area contributed by atoms with Crippen molar-refractivity contribution in [3.8, 4) is 5.75 Å². The van der Waals surface area contributed by atoms with Crippen molar-refractivity contribution < 1.29 is 28.2 Å². The molecule has 0 aromatic heterocycles. The van der Waals surface area contributed by atoms with Crippen molar-refractivity contribution in [1.82, 2.24) is 10.2 Å². The van der Waals surface area contributed by atoms with Crippen LogP contribution in [0.25, 0.3) is 6.08 Å². The van der Waals surface area contributed by atoms with Crippen LogP contribution < -0.4 is 10.1 Å². The first-order valence-corrected chi connectivity index (χ1v) is 8.94. The monoisotopic (exact) mass is 398 g/mol. The normalized spacial score (nSPS) is 14.8. The molecule has 29 heavy (non-hydrogen) atoms. The molecule has 1 aliphatic heterocycles. The average molecular weight is 398 g/mol. The molecular formula is C21H19FN2O5. The minimum atomic E-state index is -0.612. The van der Waals surface area contributed by atoms with Crippen molar-refractivity contribution in [1.29, 1.82) is 0 Å². The van der Waals surface area contributed by atoms with Gasteiger partial charge in [-0.3, -0.25) is 9.69 Å². The largest absolute Gasteiger partial charge is 0.482 e. The summed E-state index contributed by atoms with van der Waals surface area (Å²) in [6.07, 6.45) is 1.51. The highest BCUT2D eigenvalue weighted by Crippen LogP contribution is 2.19. The van der Waals surface area contributed by atoms with Gasteiger partial charge < -0.3 is 14.8 Å².